The Morgan fingerprint density at radius 3 is 2.56 bits per heavy atom. The molecule has 6 nitrogen and oxygen atoms in total. The highest BCUT2D eigenvalue weighted by Gasteiger charge is 2.16. The maximum atomic E-state index is 12.9. The number of halogens is 1. The fourth-order valence-corrected chi connectivity index (χ4v) is 3.58. The topological polar surface area (TPSA) is 80.1 Å². The lowest BCUT2D eigenvalue weighted by Gasteiger charge is -2.10. The number of carbonyl (C=O) groups is 1. The van der Waals surface area contributed by atoms with E-state index in [1.165, 1.54) is 0 Å². The summed E-state index contributed by atoms with van der Waals surface area (Å²) in [7, 11) is 1.55. The Bertz CT molecular complexity index is 1390. The summed E-state index contributed by atoms with van der Waals surface area (Å²) in [6.07, 6.45) is 0. The molecule has 0 atom stereocenters. The van der Waals surface area contributed by atoms with Gasteiger partial charge in [-0.05, 0) is 66.7 Å². The van der Waals surface area contributed by atoms with Crippen LogP contribution in [0.1, 0.15) is 10.6 Å². The number of ether oxygens (including phenoxy) is 1. The second kappa shape index (κ2) is 8.24. The molecule has 2 N–H and O–H groups in total. The van der Waals surface area contributed by atoms with E-state index in [4.69, 9.17) is 20.8 Å². The number of aromatic nitrogens is 2. The van der Waals surface area contributed by atoms with Gasteiger partial charge in [0.05, 0.1) is 23.8 Å². The summed E-state index contributed by atoms with van der Waals surface area (Å²) in [5.41, 5.74) is 3.97. The van der Waals surface area contributed by atoms with Gasteiger partial charge < -0.3 is 19.5 Å². The summed E-state index contributed by atoms with van der Waals surface area (Å²) in [4.78, 5) is 20.8. The minimum atomic E-state index is -0.384. The van der Waals surface area contributed by atoms with Gasteiger partial charge in [-0.25, -0.2) is 4.98 Å². The van der Waals surface area contributed by atoms with Crippen LogP contribution in [0, 0.1) is 0 Å². The first-order valence-corrected chi connectivity index (χ1v) is 10.3. The number of imidazole rings is 1. The number of fused-ring (bicyclic) bond motifs is 1. The van der Waals surface area contributed by atoms with Crippen molar-refractivity contribution >= 4 is 34.2 Å². The standard InChI is InChI=1S/C25H18ClN3O3/c1-31-22-11-8-16(24-27-18-4-2-3-5-19(18)28-24)14-20(22)29-25(30)23-13-12-21(32-23)15-6-9-17(26)10-7-15/h2-14H,1H3,(H,27,28)(H,29,30). The molecule has 5 aromatic rings. The number of para-hydroxylation sites is 2. The van der Waals surface area contributed by atoms with Crippen LogP contribution in [0.25, 0.3) is 33.7 Å². The number of hydrogen-bond acceptors (Lipinski definition) is 4. The number of rotatable bonds is 5. The maximum Gasteiger partial charge on any atom is 0.291 e. The van der Waals surface area contributed by atoms with Gasteiger partial charge in [-0.1, -0.05) is 23.7 Å². The summed E-state index contributed by atoms with van der Waals surface area (Å²) in [5, 5.41) is 3.51. The number of benzene rings is 3. The van der Waals surface area contributed by atoms with Crippen molar-refractivity contribution in [1.82, 2.24) is 9.97 Å². The van der Waals surface area contributed by atoms with E-state index in [-0.39, 0.29) is 11.7 Å². The summed E-state index contributed by atoms with van der Waals surface area (Å²) in [6.45, 7) is 0. The molecule has 32 heavy (non-hydrogen) atoms. The van der Waals surface area contributed by atoms with Gasteiger partial charge in [-0.15, -0.1) is 0 Å². The van der Waals surface area contributed by atoms with Crippen LogP contribution in [0.15, 0.2) is 83.3 Å². The summed E-state index contributed by atoms with van der Waals surface area (Å²) >= 11 is 5.94. The maximum absolute atomic E-state index is 12.9. The molecule has 0 aliphatic heterocycles. The lowest BCUT2D eigenvalue weighted by Crippen LogP contribution is -2.11. The van der Waals surface area contributed by atoms with Gasteiger partial charge in [0.1, 0.15) is 17.3 Å². The van der Waals surface area contributed by atoms with Gasteiger partial charge in [0, 0.05) is 16.1 Å². The van der Waals surface area contributed by atoms with Crippen molar-refractivity contribution in [3.63, 3.8) is 0 Å². The zero-order valence-electron chi connectivity index (χ0n) is 17.1. The average Bonchev–Trinajstić information content (AvgIpc) is 3.47. The number of hydrogen-bond donors (Lipinski definition) is 2. The van der Waals surface area contributed by atoms with Crippen molar-refractivity contribution in [1.29, 1.82) is 0 Å². The van der Waals surface area contributed by atoms with Crippen molar-refractivity contribution in [2.75, 3.05) is 12.4 Å². The molecule has 0 fully saturated rings. The Morgan fingerprint density at radius 1 is 1.00 bits per heavy atom. The molecular formula is C25H18ClN3O3. The number of carbonyl (C=O) groups excluding carboxylic acids is 1. The molecule has 2 heterocycles. The number of H-pyrrole nitrogens is 1. The van der Waals surface area contributed by atoms with E-state index in [2.05, 4.69) is 15.3 Å². The van der Waals surface area contributed by atoms with Gasteiger partial charge in [-0.3, -0.25) is 4.79 Å². The van der Waals surface area contributed by atoms with Crippen molar-refractivity contribution < 1.29 is 13.9 Å². The Hall–Kier alpha value is -4.03. The molecule has 5 rings (SSSR count). The van der Waals surface area contributed by atoms with Crippen LogP contribution in [0.2, 0.25) is 5.02 Å². The first-order valence-electron chi connectivity index (χ1n) is 9.91. The lowest BCUT2D eigenvalue weighted by molar-refractivity contribution is 0.0997. The van der Waals surface area contributed by atoms with Gasteiger partial charge in [0.2, 0.25) is 0 Å². The molecule has 0 saturated heterocycles. The largest absolute Gasteiger partial charge is 0.495 e. The molecule has 0 bridgehead atoms. The third kappa shape index (κ3) is 3.84. The van der Waals surface area contributed by atoms with Crippen LogP contribution in [0.4, 0.5) is 5.69 Å². The van der Waals surface area contributed by atoms with Crippen LogP contribution >= 0.6 is 11.6 Å². The van der Waals surface area contributed by atoms with Crippen molar-refractivity contribution in [2.45, 2.75) is 0 Å². The molecule has 0 unspecified atom stereocenters. The molecule has 0 saturated carbocycles. The number of aromatic amines is 1. The fraction of sp³-hybridized carbons (Fsp3) is 0.0400. The molecule has 1 amide bonds. The monoisotopic (exact) mass is 443 g/mol. The lowest BCUT2D eigenvalue weighted by atomic mass is 10.1. The van der Waals surface area contributed by atoms with Crippen molar-refractivity contribution in [2.24, 2.45) is 0 Å². The summed E-state index contributed by atoms with van der Waals surface area (Å²) in [6, 6.07) is 23.9. The number of furan rings is 1. The van der Waals surface area contributed by atoms with E-state index < -0.39 is 0 Å². The number of anilines is 1. The van der Waals surface area contributed by atoms with Crippen LogP contribution < -0.4 is 10.1 Å². The van der Waals surface area contributed by atoms with Crippen LogP contribution in [0.3, 0.4) is 0 Å². The highest BCUT2D eigenvalue weighted by Crippen LogP contribution is 2.31. The molecule has 158 valence electrons. The molecule has 3 aromatic carbocycles. The van der Waals surface area contributed by atoms with E-state index in [0.717, 1.165) is 22.2 Å². The van der Waals surface area contributed by atoms with E-state index >= 15 is 0 Å². The van der Waals surface area contributed by atoms with E-state index in [1.54, 1.807) is 37.4 Å². The third-order valence-electron chi connectivity index (χ3n) is 5.07. The zero-order valence-corrected chi connectivity index (χ0v) is 17.8. The first-order chi connectivity index (χ1) is 15.6. The zero-order chi connectivity index (χ0) is 22.1. The predicted molar refractivity (Wildman–Crippen MR) is 125 cm³/mol. The normalized spacial score (nSPS) is 10.9. The molecule has 0 aliphatic rings. The molecular weight excluding hydrogens is 426 g/mol. The van der Waals surface area contributed by atoms with E-state index in [1.807, 2.05) is 48.5 Å². The Kier molecular flexibility index (Phi) is 5.13. The van der Waals surface area contributed by atoms with Gasteiger partial charge in [0.25, 0.3) is 5.91 Å². The number of nitrogens with one attached hydrogen (secondary N) is 2. The minimum absolute atomic E-state index is 0.186. The predicted octanol–water partition coefficient (Wildman–Crippen LogP) is 6.40. The number of amides is 1. The fourth-order valence-electron chi connectivity index (χ4n) is 3.46. The summed E-state index contributed by atoms with van der Waals surface area (Å²) < 4.78 is 11.2. The van der Waals surface area contributed by atoms with Crippen molar-refractivity contribution in [3.8, 4) is 28.5 Å². The van der Waals surface area contributed by atoms with E-state index in [9.17, 15) is 4.79 Å². The number of nitrogens with zero attached hydrogens (tertiary/aromatic N) is 1. The Morgan fingerprint density at radius 2 is 1.78 bits per heavy atom. The minimum Gasteiger partial charge on any atom is -0.495 e. The molecule has 0 radical (unpaired) electrons. The first kappa shape index (κ1) is 19.9. The van der Waals surface area contributed by atoms with Crippen molar-refractivity contribution in [3.05, 3.63) is 89.6 Å². The van der Waals surface area contributed by atoms with Gasteiger partial charge >= 0.3 is 0 Å². The van der Waals surface area contributed by atoms with Crippen LogP contribution in [0.5, 0.6) is 5.75 Å². The van der Waals surface area contributed by atoms with E-state index in [0.29, 0.717) is 28.0 Å². The second-order valence-electron chi connectivity index (χ2n) is 7.14. The Balaban J connectivity index is 1.42. The van der Waals surface area contributed by atoms with Gasteiger partial charge in [-0.2, -0.15) is 0 Å². The highest BCUT2D eigenvalue weighted by molar-refractivity contribution is 6.30. The molecule has 0 aliphatic carbocycles. The molecule has 7 heteroatoms. The number of methoxy groups -OCH3 is 1. The molecule has 0 spiro atoms. The molecule has 2 aromatic heterocycles. The van der Waals surface area contributed by atoms with Gasteiger partial charge in [0.15, 0.2) is 5.76 Å². The summed E-state index contributed by atoms with van der Waals surface area (Å²) in [5.74, 6) is 1.61. The average molecular weight is 444 g/mol. The Labute approximate surface area is 188 Å². The van der Waals surface area contributed by atoms with Crippen LogP contribution in [-0.2, 0) is 0 Å². The smallest absolute Gasteiger partial charge is 0.291 e. The highest BCUT2D eigenvalue weighted by atomic mass is 35.5. The second-order valence-corrected chi connectivity index (χ2v) is 7.58. The van der Waals surface area contributed by atoms with Crippen LogP contribution in [-0.4, -0.2) is 23.0 Å². The SMILES string of the molecule is COc1ccc(-c2nc3ccccc3[nH]2)cc1NC(=O)c1ccc(-c2ccc(Cl)cc2)o1. The quantitative estimate of drug-likeness (QED) is 0.329. The third-order valence-corrected chi connectivity index (χ3v) is 5.32.